The average Bonchev–Trinajstić information content (AvgIpc) is 3.09. The van der Waals surface area contributed by atoms with Gasteiger partial charge in [0.25, 0.3) is 0 Å². The third kappa shape index (κ3) is 4.99. The van der Waals surface area contributed by atoms with Crippen molar-refractivity contribution in [3.8, 4) is 57.4 Å². The molecule has 2 heteroatoms. The van der Waals surface area contributed by atoms with Crippen LogP contribution in [0.15, 0.2) is 140 Å². The molecule has 0 amide bonds. The van der Waals surface area contributed by atoms with E-state index in [0.29, 0.717) is 5.82 Å². The maximum atomic E-state index is 5.58. The van der Waals surface area contributed by atoms with Crippen molar-refractivity contribution in [3.63, 3.8) is 0 Å². The van der Waals surface area contributed by atoms with Crippen molar-refractivity contribution in [3.05, 3.63) is 151 Å². The van der Waals surface area contributed by atoms with Gasteiger partial charge in [-0.15, -0.1) is 6.42 Å². The highest BCUT2D eigenvalue weighted by atomic mass is 14.9. The molecule has 202 valence electrons. The molecule has 0 saturated carbocycles. The maximum Gasteiger partial charge on any atom is 0.160 e. The lowest BCUT2D eigenvalue weighted by Gasteiger charge is -2.14. The Morgan fingerprint density at radius 1 is 0.512 bits per heavy atom. The minimum atomic E-state index is 0.700. The monoisotopic (exact) mass is 548 g/mol. The molecule has 0 radical (unpaired) electrons. The van der Waals surface area contributed by atoms with E-state index in [1.54, 1.807) is 6.08 Å². The van der Waals surface area contributed by atoms with Gasteiger partial charge in [-0.3, -0.25) is 0 Å². The predicted molar refractivity (Wildman–Crippen MR) is 181 cm³/mol. The summed E-state index contributed by atoms with van der Waals surface area (Å²) in [4.78, 5) is 10.1. The summed E-state index contributed by atoms with van der Waals surface area (Å²) in [6.07, 6.45) is 9.41. The fraction of sp³-hybridized carbons (Fsp3) is 0.0244. The van der Waals surface area contributed by atoms with Crippen molar-refractivity contribution in [2.75, 3.05) is 0 Å². The minimum absolute atomic E-state index is 0.700. The first kappa shape index (κ1) is 26.1. The molecule has 0 saturated heterocycles. The molecule has 7 aromatic rings. The normalized spacial score (nSPS) is 11.3. The molecule has 0 unspecified atom stereocenters. The van der Waals surface area contributed by atoms with Crippen molar-refractivity contribution in [1.29, 1.82) is 0 Å². The molecule has 0 aliphatic heterocycles. The van der Waals surface area contributed by atoms with Gasteiger partial charge >= 0.3 is 0 Å². The van der Waals surface area contributed by atoms with E-state index in [-0.39, 0.29) is 0 Å². The maximum absolute atomic E-state index is 5.58. The number of benzene rings is 6. The highest BCUT2D eigenvalue weighted by Crippen LogP contribution is 2.37. The van der Waals surface area contributed by atoms with Crippen LogP contribution in [0.3, 0.4) is 0 Å². The van der Waals surface area contributed by atoms with E-state index in [2.05, 4.69) is 110 Å². The van der Waals surface area contributed by atoms with E-state index >= 15 is 0 Å². The van der Waals surface area contributed by atoms with Crippen LogP contribution >= 0.6 is 0 Å². The van der Waals surface area contributed by atoms with Gasteiger partial charge in [0, 0.05) is 16.7 Å². The van der Waals surface area contributed by atoms with Gasteiger partial charge in [0.1, 0.15) is 0 Å². The van der Waals surface area contributed by atoms with Gasteiger partial charge in [-0.2, -0.15) is 0 Å². The summed E-state index contributed by atoms with van der Waals surface area (Å²) in [7, 11) is 0. The van der Waals surface area contributed by atoms with Gasteiger partial charge in [0.2, 0.25) is 0 Å². The standard InChI is InChI=1S/C41H28N2/c1-3-4-20-34-28(2)35-21-11-12-22-36(35)38-26-32(23-24-37(34)38)31-18-13-19-33(25-31)41-42-39(29-14-7-5-8-15-29)27-40(43-41)30-16-9-6-10-17-30/h1,4-27H,2H3/b20-4-. The van der Waals surface area contributed by atoms with Crippen molar-refractivity contribution >= 4 is 27.6 Å². The number of nitrogens with zero attached hydrogens (tertiary/aromatic N) is 2. The molecule has 0 fully saturated rings. The SMILES string of the molecule is C#C/C=C\c1c(C)c2ccccc2c2cc(-c3cccc(-c4nc(-c5ccccc5)cc(-c5ccccc5)n4)c3)ccc12. The lowest BCUT2D eigenvalue weighted by molar-refractivity contribution is 1.18. The average molecular weight is 549 g/mol. The van der Waals surface area contributed by atoms with Crippen LogP contribution in [-0.4, -0.2) is 9.97 Å². The van der Waals surface area contributed by atoms with E-state index in [4.69, 9.17) is 16.4 Å². The Morgan fingerprint density at radius 3 is 1.77 bits per heavy atom. The van der Waals surface area contributed by atoms with E-state index in [1.165, 1.54) is 27.1 Å². The number of aromatic nitrogens is 2. The molecule has 0 atom stereocenters. The Labute approximate surface area is 252 Å². The van der Waals surface area contributed by atoms with Crippen LogP contribution in [0.4, 0.5) is 0 Å². The Kier molecular flexibility index (Phi) is 6.83. The summed E-state index contributed by atoms with van der Waals surface area (Å²) in [5.41, 5.74) is 9.53. The predicted octanol–water partition coefficient (Wildman–Crippen LogP) is 10.4. The highest BCUT2D eigenvalue weighted by molar-refractivity contribution is 6.13. The van der Waals surface area contributed by atoms with Crippen molar-refractivity contribution in [2.45, 2.75) is 6.92 Å². The van der Waals surface area contributed by atoms with Crippen molar-refractivity contribution in [1.82, 2.24) is 9.97 Å². The summed E-state index contributed by atoms with van der Waals surface area (Å²) in [6.45, 7) is 2.17. The van der Waals surface area contributed by atoms with Crippen LogP contribution in [0, 0.1) is 19.3 Å². The van der Waals surface area contributed by atoms with Gasteiger partial charge in [0.05, 0.1) is 11.4 Å². The number of aryl methyl sites for hydroxylation is 1. The van der Waals surface area contributed by atoms with E-state index < -0.39 is 0 Å². The molecule has 0 aliphatic rings. The fourth-order valence-corrected chi connectivity index (χ4v) is 5.85. The topological polar surface area (TPSA) is 25.8 Å². The lowest BCUT2D eigenvalue weighted by atomic mass is 9.90. The molecular weight excluding hydrogens is 520 g/mol. The number of allylic oxidation sites excluding steroid dienone is 1. The molecule has 7 rings (SSSR count). The zero-order valence-corrected chi connectivity index (χ0v) is 23.8. The fourth-order valence-electron chi connectivity index (χ4n) is 5.85. The Morgan fingerprint density at radius 2 is 1.09 bits per heavy atom. The van der Waals surface area contributed by atoms with Crippen LogP contribution in [-0.2, 0) is 0 Å². The highest BCUT2D eigenvalue weighted by Gasteiger charge is 2.14. The molecule has 1 heterocycles. The second-order valence-electron chi connectivity index (χ2n) is 10.6. The molecule has 6 aromatic carbocycles. The van der Waals surface area contributed by atoms with Crippen molar-refractivity contribution < 1.29 is 0 Å². The molecular formula is C41H28N2. The molecule has 43 heavy (non-hydrogen) atoms. The number of terminal acetylenes is 1. The van der Waals surface area contributed by atoms with Gasteiger partial charge in [-0.05, 0) is 81.1 Å². The van der Waals surface area contributed by atoms with E-state index in [1.807, 2.05) is 42.5 Å². The lowest BCUT2D eigenvalue weighted by Crippen LogP contribution is -1.96. The summed E-state index contributed by atoms with van der Waals surface area (Å²) in [5.74, 6) is 3.35. The third-order valence-corrected chi connectivity index (χ3v) is 8.00. The minimum Gasteiger partial charge on any atom is -0.228 e. The Hall–Kier alpha value is -5.78. The van der Waals surface area contributed by atoms with Crippen LogP contribution in [0.1, 0.15) is 11.1 Å². The van der Waals surface area contributed by atoms with E-state index in [0.717, 1.165) is 44.8 Å². The number of hydrogen-bond donors (Lipinski definition) is 0. The number of fused-ring (bicyclic) bond motifs is 3. The first-order valence-corrected chi connectivity index (χ1v) is 14.4. The van der Waals surface area contributed by atoms with Crippen LogP contribution in [0.5, 0.6) is 0 Å². The van der Waals surface area contributed by atoms with Crippen LogP contribution in [0.25, 0.3) is 72.7 Å². The first-order valence-electron chi connectivity index (χ1n) is 14.4. The largest absolute Gasteiger partial charge is 0.228 e. The van der Waals surface area contributed by atoms with Gasteiger partial charge in [-0.1, -0.05) is 121 Å². The van der Waals surface area contributed by atoms with Crippen LogP contribution in [0.2, 0.25) is 0 Å². The Bertz CT molecular complexity index is 2130. The number of hydrogen-bond acceptors (Lipinski definition) is 2. The molecule has 0 aliphatic carbocycles. The zero-order valence-electron chi connectivity index (χ0n) is 23.8. The molecule has 0 spiro atoms. The molecule has 0 N–H and O–H groups in total. The second-order valence-corrected chi connectivity index (χ2v) is 10.6. The smallest absolute Gasteiger partial charge is 0.160 e. The molecule has 0 bridgehead atoms. The van der Waals surface area contributed by atoms with Crippen molar-refractivity contribution in [2.24, 2.45) is 0 Å². The van der Waals surface area contributed by atoms with Gasteiger partial charge < -0.3 is 0 Å². The molecule has 1 aromatic heterocycles. The van der Waals surface area contributed by atoms with Crippen LogP contribution < -0.4 is 0 Å². The first-order chi connectivity index (χ1) is 21.2. The summed E-state index contributed by atoms with van der Waals surface area (Å²) < 4.78 is 0. The van der Waals surface area contributed by atoms with E-state index in [9.17, 15) is 0 Å². The summed E-state index contributed by atoms with van der Waals surface area (Å²) in [5, 5.41) is 4.86. The molecule has 2 nitrogen and oxygen atoms in total. The number of rotatable bonds is 5. The third-order valence-electron chi connectivity index (χ3n) is 8.00. The van der Waals surface area contributed by atoms with Gasteiger partial charge in [-0.25, -0.2) is 9.97 Å². The second kappa shape index (κ2) is 11.2. The summed E-state index contributed by atoms with van der Waals surface area (Å²) in [6, 6.07) is 46.4. The Balaban J connectivity index is 1.39. The quantitative estimate of drug-likeness (QED) is 0.158. The summed E-state index contributed by atoms with van der Waals surface area (Å²) >= 11 is 0. The van der Waals surface area contributed by atoms with Gasteiger partial charge in [0.15, 0.2) is 5.82 Å². The zero-order chi connectivity index (χ0) is 29.2.